The van der Waals surface area contributed by atoms with E-state index in [1.54, 1.807) is 0 Å². The first kappa shape index (κ1) is 11.3. The van der Waals surface area contributed by atoms with Crippen LogP contribution in [0.15, 0.2) is 24.3 Å². The fourth-order valence-corrected chi connectivity index (χ4v) is 1.64. The highest BCUT2D eigenvalue weighted by Gasteiger charge is 2.32. The van der Waals surface area contributed by atoms with E-state index in [1.807, 2.05) is 0 Å². The van der Waals surface area contributed by atoms with Gasteiger partial charge in [0.15, 0.2) is 0 Å². The normalized spacial score (nSPS) is 29.9. The minimum Gasteiger partial charge on any atom is -0.538 e. The Morgan fingerprint density at radius 2 is 2.60 bits per heavy atom. The van der Waals surface area contributed by atoms with Crippen molar-refractivity contribution in [2.75, 3.05) is 0 Å². The van der Waals surface area contributed by atoms with Gasteiger partial charge in [0.1, 0.15) is 0 Å². The molecule has 0 aromatic carbocycles. The quantitative estimate of drug-likeness (QED) is 0.392. The van der Waals surface area contributed by atoms with E-state index in [1.165, 1.54) is 12.2 Å². The molecule has 0 aliphatic heterocycles. The maximum atomic E-state index is 10.4. The highest BCUT2D eigenvalue weighted by Crippen LogP contribution is 2.32. The van der Waals surface area contributed by atoms with Crippen molar-refractivity contribution < 1.29 is 19.7 Å². The average Bonchev–Trinajstić information content (AvgIpc) is 2.15. The molecule has 1 aliphatic carbocycles. The molecule has 1 aliphatic rings. The molecule has 4 nitrogen and oxygen atoms in total. The standard InChI is InChI=1S/C11H12O4/c1-3-8-5-9(12)7-11(4-2,6-8)15-10(13)14/h1,4-5,9,12H,2,6-7H2,(H,13,14)/p-1/t9-,11-/m0/s1. The van der Waals surface area contributed by atoms with Crippen LogP contribution in [-0.2, 0) is 4.74 Å². The Morgan fingerprint density at radius 1 is 1.93 bits per heavy atom. The van der Waals surface area contributed by atoms with Gasteiger partial charge in [0.05, 0.1) is 11.7 Å². The largest absolute Gasteiger partial charge is 0.538 e. The number of hydrogen-bond acceptors (Lipinski definition) is 4. The molecule has 0 aromatic heterocycles. The molecule has 0 heterocycles. The molecule has 15 heavy (non-hydrogen) atoms. The third-order valence-electron chi connectivity index (χ3n) is 2.28. The Labute approximate surface area is 87.9 Å². The monoisotopic (exact) mass is 207 g/mol. The van der Waals surface area contributed by atoms with Crippen molar-refractivity contribution >= 4 is 6.16 Å². The van der Waals surface area contributed by atoms with Crippen molar-refractivity contribution in [1.82, 2.24) is 0 Å². The van der Waals surface area contributed by atoms with Crippen LogP contribution in [0.2, 0.25) is 0 Å². The average molecular weight is 207 g/mol. The smallest absolute Gasteiger partial charge is 0.252 e. The summed E-state index contributed by atoms with van der Waals surface area (Å²) >= 11 is 0. The minimum atomic E-state index is -1.65. The van der Waals surface area contributed by atoms with Gasteiger partial charge >= 0.3 is 0 Å². The number of aliphatic hydroxyl groups is 1. The summed E-state index contributed by atoms with van der Waals surface area (Å²) in [5, 5.41) is 19.9. The fraction of sp³-hybridized carbons (Fsp3) is 0.364. The van der Waals surface area contributed by atoms with Crippen molar-refractivity contribution in [2.24, 2.45) is 0 Å². The predicted molar refractivity (Wildman–Crippen MR) is 51.6 cm³/mol. The van der Waals surface area contributed by atoms with Crippen LogP contribution < -0.4 is 5.11 Å². The van der Waals surface area contributed by atoms with Crippen LogP contribution in [0.5, 0.6) is 0 Å². The van der Waals surface area contributed by atoms with Gasteiger partial charge in [-0.05, 0) is 6.08 Å². The number of carboxylic acid groups (broad SMARTS) is 1. The zero-order valence-electron chi connectivity index (χ0n) is 8.10. The Morgan fingerprint density at radius 3 is 3.07 bits per heavy atom. The van der Waals surface area contributed by atoms with Crippen molar-refractivity contribution in [3.8, 4) is 12.3 Å². The lowest BCUT2D eigenvalue weighted by Gasteiger charge is -2.38. The third-order valence-corrected chi connectivity index (χ3v) is 2.28. The summed E-state index contributed by atoms with van der Waals surface area (Å²) in [5.74, 6) is 2.36. The van der Waals surface area contributed by atoms with Crippen LogP contribution in [0.4, 0.5) is 4.79 Å². The molecule has 0 saturated carbocycles. The van der Waals surface area contributed by atoms with E-state index in [-0.39, 0.29) is 12.8 Å². The van der Waals surface area contributed by atoms with Crippen LogP contribution in [0, 0.1) is 12.3 Å². The fourth-order valence-electron chi connectivity index (χ4n) is 1.64. The summed E-state index contributed by atoms with van der Waals surface area (Å²) in [5.41, 5.74) is -0.677. The molecule has 0 amide bonds. The summed E-state index contributed by atoms with van der Waals surface area (Å²) in [4.78, 5) is 10.4. The van der Waals surface area contributed by atoms with Gasteiger partial charge in [-0.25, -0.2) is 0 Å². The molecule has 0 radical (unpaired) electrons. The number of ether oxygens (including phenoxy) is 1. The number of carbonyl (C=O) groups excluding carboxylic acids is 1. The lowest BCUT2D eigenvalue weighted by atomic mass is 9.83. The molecule has 2 atom stereocenters. The summed E-state index contributed by atoms with van der Waals surface area (Å²) in [6.45, 7) is 3.49. The summed E-state index contributed by atoms with van der Waals surface area (Å²) in [6.07, 6.45) is 5.85. The van der Waals surface area contributed by atoms with Crippen LogP contribution in [0.1, 0.15) is 12.8 Å². The second kappa shape index (κ2) is 4.20. The van der Waals surface area contributed by atoms with Crippen molar-refractivity contribution in [3.05, 3.63) is 24.3 Å². The van der Waals surface area contributed by atoms with E-state index in [0.717, 1.165) is 0 Å². The van der Waals surface area contributed by atoms with Crippen molar-refractivity contribution in [2.45, 2.75) is 24.5 Å². The van der Waals surface area contributed by atoms with E-state index in [2.05, 4.69) is 17.2 Å². The number of aliphatic hydroxyl groups excluding tert-OH is 1. The molecule has 4 heteroatoms. The number of rotatable bonds is 2. The number of carbonyl (C=O) groups is 1. The van der Waals surface area contributed by atoms with Crippen molar-refractivity contribution in [1.29, 1.82) is 0 Å². The van der Waals surface area contributed by atoms with Gasteiger partial charge < -0.3 is 19.7 Å². The zero-order chi connectivity index (χ0) is 11.5. The predicted octanol–water partition coefficient (Wildman–Crippen LogP) is -0.0146. The van der Waals surface area contributed by atoms with E-state index in [0.29, 0.717) is 5.57 Å². The van der Waals surface area contributed by atoms with Gasteiger partial charge in [-0.15, -0.1) is 13.0 Å². The third kappa shape index (κ3) is 2.61. The zero-order valence-corrected chi connectivity index (χ0v) is 8.10. The molecule has 0 bridgehead atoms. The first-order valence-electron chi connectivity index (χ1n) is 4.40. The van der Waals surface area contributed by atoms with Crippen LogP contribution in [0.25, 0.3) is 0 Å². The second-order valence-corrected chi connectivity index (χ2v) is 3.41. The number of terminal acetylenes is 1. The van der Waals surface area contributed by atoms with Gasteiger partial charge in [0, 0.05) is 18.4 Å². The van der Waals surface area contributed by atoms with Gasteiger partial charge in [-0.3, -0.25) is 0 Å². The Balaban J connectivity index is 2.94. The molecule has 0 spiro atoms. The first-order chi connectivity index (χ1) is 7.01. The first-order valence-corrected chi connectivity index (χ1v) is 4.40. The summed E-state index contributed by atoms with van der Waals surface area (Å²) < 4.78 is 4.62. The molecular formula is C11H11O4-. The van der Waals surface area contributed by atoms with E-state index < -0.39 is 17.9 Å². The van der Waals surface area contributed by atoms with E-state index >= 15 is 0 Å². The maximum Gasteiger partial charge on any atom is 0.252 e. The Bertz CT molecular complexity index is 350. The molecule has 0 unspecified atom stereocenters. The molecule has 1 N–H and O–H groups in total. The molecule has 0 saturated heterocycles. The molecular weight excluding hydrogens is 196 g/mol. The molecule has 80 valence electrons. The van der Waals surface area contributed by atoms with Gasteiger partial charge in [-0.2, -0.15) is 0 Å². The van der Waals surface area contributed by atoms with Gasteiger partial charge in [0.25, 0.3) is 6.16 Å². The SMILES string of the molecule is C#CC1=C[C@H](O)C[C@@](C=C)(OC(=O)[O-])C1. The minimum absolute atomic E-state index is 0.107. The second-order valence-electron chi connectivity index (χ2n) is 3.41. The van der Waals surface area contributed by atoms with Crippen LogP contribution in [0.3, 0.4) is 0 Å². The lowest BCUT2D eigenvalue weighted by molar-refractivity contribution is -0.293. The summed E-state index contributed by atoms with van der Waals surface area (Å²) in [6, 6.07) is 0. The lowest BCUT2D eigenvalue weighted by Crippen LogP contribution is -2.43. The highest BCUT2D eigenvalue weighted by atomic mass is 16.7. The number of hydrogen-bond donors (Lipinski definition) is 1. The van der Waals surface area contributed by atoms with Crippen LogP contribution >= 0.6 is 0 Å². The van der Waals surface area contributed by atoms with Gasteiger partial charge in [0.2, 0.25) is 0 Å². The topological polar surface area (TPSA) is 69.6 Å². The molecule has 1 rings (SSSR count). The van der Waals surface area contributed by atoms with Crippen molar-refractivity contribution in [3.63, 3.8) is 0 Å². The van der Waals surface area contributed by atoms with E-state index in [4.69, 9.17) is 6.42 Å². The molecule has 0 fully saturated rings. The Hall–Kier alpha value is -1.73. The Kier molecular flexibility index (Phi) is 3.17. The van der Waals surface area contributed by atoms with Crippen LogP contribution in [-0.4, -0.2) is 23.0 Å². The molecule has 0 aromatic rings. The summed E-state index contributed by atoms with van der Waals surface area (Å²) in [7, 11) is 0. The van der Waals surface area contributed by atoms with Gasteiger partial charge in [-0.1, -0.05) is 12.0 Å². The maximum absolute atomic E-state index is 10.4. The van der Waals surface area contributed by atoms with E-state index in [9.17, 15) is 15.0 Å². The highest BCUT2D eigenvalue weighted by molar-refractivity contribution is 5.56.